The van der Waals surface area contributed by atoms with E-state index in [2.05, 4.69) is 60.5 Å². The number of aliphatic carboxylic acids is 2. The molecule has 3 aliphatic rings. The maximum absolute atomic E-state index is 12.3. The molecule has 27 nitrogen and oxygen atoms in total. The summed E-state index contributed by atoms with van der Waals surface area (Å²) >= 11 is 1.91. The van der Waals surface area contributed by atoms with E-state index in [1.165, 1.54) is 52.4 Å². The van der Waals surface area contributed by atoms with Gasteiger partial charge in [0.25, 0.3) is 0 Å². The third kappa shape index (κ3) is 19.8. The van der Waals surface area contributed by atoms with Crippen LogP contribution >= 0.6 is 11.8 Å². The minimum atomic E-state index is -2.22. The Balaban J connectivity index is 0.000000354. The number of nitrogens with zero attached hydrogens (tertiary/aromatic N) is 5. The van der Waals surface area contributed by atoms with E-state index in [-0.39, 0.29) is 0 Å². The number of likely N-dealkylation sites (tertiary alicyclic amines) is 1. The van der Waals surface area contributed by atoms with Gasteiger partial charge in [0.15, 0.2) is 24.6 Å². The molecular weight excluding hydrogens is 947 g/mol. The molecule has 5 unspecified atom stereocenters. The molecule has 2 saturated heterocycles. The SMILES string of the molecule is CN1CCC(=C2c3ccccc3Sc3ccccc32)CC1.O=C(CC[N+](=O)[O-])OCC1OC(O)C(OC(=O)CC[N+](=O)[O-])C(OC(=O)CC[N+](=O)[O-])C1OC(=O)CC[N+](=O)[O-].O=C(O)C=CC(=O)O. The first-order valence-corrected chi connectivity index (χ1v) is 21.4. The highest BCUT2D eigenvalue weighted by atomic mass is 32.2. The van der Waals surface area contributed by atoms with Crippen LogP contribution in [0.3, 0.4) is 0 Å². The highest BCUT2D eigenvalue weighted by molar-refractivity contribution is 7.99. The predicted molar refractivity (Wildman–Crippen MR) is 232 cm³/mol. The molecule has 28 heteroatoms. The van der Waals surface area contributed by atoms with E-state index in [1.807, 2.05) is 11.8 Å². The third-order valence-corrected chi connectivity index (χ3v) is 10.8. The number of nitro groups is 4. The summed E-state index contributed by atoms with van der Waals surface area (Å²) < 4.78 is 25.1. The molecule has 5 rings (SSSR count). The summed E-state index contributed by atoms with van der Waals surface area (Å²) in [4.78, 5) is 112. The van der Waals surface area contributed by atoms with Crippen LogP contribution in [0.15, 0.2) is 76.0 Å². The average molecular weight is 994 g/mol. The zero-order chi connectivity index (χ0) is 51.2. The fraction of sp³-hybridized carbons (Fsp3) is 0.463. The van der Waals surface area contributed by atoms with Gasteiger partial charge in [-0.2, -0.15) is 0 Å². The van der Waals surface area contributed by atoms with Gasteiger partial charge < -0.3 is 43.9 Å². The van der Waals surface area contributed by atoms with Gasteiger partial charge in [-0.1, -0.05) is 53.7 Å². The summed E-state index contributed by atoms with van der Waals surface area (Å²) in [5.74, 6) is -7.58. The van der Waals surface area contributed by atoms with Crippen LogP contribution in [-0.2, 0) is 52.5 Å². The Labute approximate surface area is 394 Å². The molecule has 3 aliphatic heterocycles. The van der Waals surface area contributed by atoms with E-state index >= 15 is 0 Å². The number of carboxylic acid groups (broad SMARTS) is 2. The van der Waals surface area contributed by atoms with Crippen molar-refractivity contribution in [1.82, 2.24) is 4.90 Å². The van der Waals surface area contributed by atoms with Crippen molar-refractivity contribution >= 4 is 53.2 Å². The van der Waals surface area contributed by atoms with Crippen LogP contribution in [0.2, 0.25) is 0 Å². The van der Waals surface area contributed by atoms with Crippen LogP contribution in [0.25, 0.3) is 5.57 Å². The topological polar surface area (TPSA) is 385 Å². The first-order valence-electron chi connectivity index (χ1n) is 20.6. The molecule has 5 atom stereocenters. The molecule has 3 heterocycles. The first kappa shape index (κ1) is 55.9. The first-order chi connectivity index (χ1) is 32.6. The molecule has 2 aromatic carbocycles. The van der Waals surface area contributed by atoms with E-state index < -0.39 is 145 Å². The maximum Gasteiger partial charge on any atom is 0.328 e. The quantitative estimate of drug-likeness (QED) is 0.0508. The Hall–Kier alpha value is -7.43. The molecule has 2 fully saturated rings. The van der Waals surface area contributed by atoms with E-state index in [1.54, 1.807) is 5.57 Å². The van der Waals surface area contributed by atoms with Crippen LogP contribution in [-0.4, -0.2) is 159 Å². The molecule has 0 aliphatic carbocycles. The van der Waals surface area contributed by atoms with Gasteiger partial charge in [0.2, 0.25) is 26.2 Å². The summed E-state index contributed by atoms with van der Waals surface area (Å²) in [7, 11) is 2.22. The van der Waals surface area contributed by atoms with Crippen molar-refractivity contribution in [3.05, 3.63) is 118 Å². The Kier molecular flexibility index (Phi) is 22.7. The van der Waals surface area contributed by atoms with Crippen molar-refractivity contribution in [2.45, 2.75) is 79.0 Å². The van der Waals surface area contributed by atoms with Gasteiger partial charge in [-0.3, -0.25) is 59.6 Å². The second-order valence-electron chi connectivity index (χ2n) is 14.7. The molecular formula is C41H47N5O22S. The van der Waals surface area contributed by atoms with Crippen molar-refractivity contribution in [3.63, 3.8) is 0 Å². The van der Waals surface area contributed by atoms with Gasteiger partial charge in [-0.15, -0.1) is 0 Å². The van der Waals surface area contributed by atoms with Crippen molar-refractivity contribution < 1.29 is 87.5 Å². The van der Waals surface area contributed by atoms with E-state index in [0.717, 1.165) is 0 Å². The van der Waals surface area contributed by atoms with Gasteiger partial charge in [-0.05, 0) is 48.7 Å². The van der Waals surface area contributed by atoms with Crippen molar-refractivity contribution in [2.24, 2.45) is 0 Å². The summed E-state index contributed by atoms with van der Waals surface area (Å²) in [5, 5.41) is 68.3. The molecule has 0 spiro atoms. The molecule has 3 N–H and O–H groups in total. The molecule has 2 aromatic rings. The van der Waals surface area contributed by atoms with Gasteiger partial charge in [0.1, 0.15) is 38.4 Å². The number of piperidine rings is 1. The van der Waals surface area contributed by atoms with Crippen LogP contribution in [0, 0.1) is 40.5 Å². The number of esters is 4. The lowest BCUT2D eigenvalue weighted by molar-refractivity contribution is -0.479. The van der Waals surface area contributed by atoms with Crippen LogP contribution in [0.1, 0.15) is 49.7 Å². The number of carboxylic acids is 2. The number of aliphatic hydroxyl groups is 1. The number of hydrogen-bond donors (Lipinski definition) is 3. The number of ether oxygens (including phenoxy) is 5. The molecule has 374 valence electrons. The Bertz CT molecular complexity index is 2220. The summed E-state index contributed by atoms with van der Waals surface area (Å²) in [6, 6.07) is 17.7. The average Bonchev–Trinajstić information content (AvgIpc) is 3.29. The highest BCUT2D eigenvalue weighted by Gasteiger charge is 2.52. The number of fused-ring (bicyclic) bond motifs is 2. The summed E-state index contributed by atoms with van der Waals surface area (Å²) in [5.41, 5.74) is 6.00. The predicted octanol–water partition coefficient (Wildman–Crippen LogP) is 2.04. The third-order valence-electron chi connectivity index (χ3n) is 9.66. The van der Waals surface area contributed by atoms with Crippen LogP contribution in [0.4, 0.5) is 0 Å². The lowest BCUT2D eigenvalue weighted by Crippen LogP contribution is -2.62. The lowest BCUT2D eigenvalue weighted by atomic mass is 9.88. The number of aliphatic hydroxyl groups excluding tert-OH is 1. The van der Waals surface area contributed by atoms with Crippen LogP contribution in [0.5, 0.6) is 0 Å². The van der Waals surface area contributed by atoms with Gasteiger partial charge in [0.05, 0.1) is 0 Å². The number of rotatable bonds is 19. The van der Waals surface area contributed by atoms with Crippen LogP contribution < -0.4 is 0 Å². The number of carbonyl (C=O) groups excluding carboxylic acids is 4. The molecule has 0 saturated carbocycles. The van der Waals surface area contributed by atoms with Gasteiger partial charge >= 0.3 is 35.8 Å². The number of hydrogen-bond acceptors (Lipinski definition) is 22. The van der Waals surface area contributed by atoms with E-state index in [0.29, 0.717) is 12.2 Å². The number of carbonyl (C=O) groups is 6. The fourth-order valence-corrected chi connectivity index (χ4v) is 7.58. The normalized spacial score (nSPS) is 19.4. The van der Waals surface area contributed by atoms with E-state index in [4.69, 9.17) is 33.9 Å². The zero-order valence-corrected chi connectivity index (χ0v) is 37.4. The minimum absolute atomic E-state index is 0.558. The maximum atomic E-state index is 12.3. The minimum Gasteiger partial charge on any atom is -0.478 e. The second-order valence-corrected chi connectivity index (χ2v) is 15.8. The van der Waals surface area contributed by atoms with Crippen molar-refractivity contribution in [2.75, 3.05) is 52.9 Å². The molecule has 0 radical (unpaired) electrons. The Morgan fingerprint density at radius 1 is 0.652 bits per heavy atom. The smallest absolute Gasteiger partial charge is 0.328 e. The molecule has 0 bridgehead atoms. The monoisotopic (exact) mass is 993 g/mol. The summed E-state index contributed by atoms with van der Waals surface area (Å²) in [6.07, 6.45) is -9.67. The molecule has 0 aromatic heterocycles. The standard InChI is InChI=1S/C19H19NS.C18H24N4O18.C4H4O4/c1-20-12-10-14(11-13-20)19-15-6-2-4-8-17(15)21-18-9-5-3-7-16(18)19;23-11(1-5-19(28)29)36-9-10-15(38-12(24)2-6-20(30)31)16(39-13(25)3-7-21(32)33)17(18(27)37-10)40-14(26)4-8-22(34)35;5-3(6)1-2-4(7)8/h2-9H,10-13H2,1H3;10,15-18,27H,1-9H2;1-2H,(H,5,6)(H,7,8). The fourth-order valence-electron chi connectivity index (χ4n) is 6.49. The molecule has 69 heavy (non-hydrogen) atoms. The largest absolute Gasteiger partial charge is 0.478 e. The lowest BCUT2D eigenvalue weighted by Gasteiger charge is -2.42. The van der Waals surface area contributed by atoms with Gasteiger partial charge in [0, 0.05) is 54.7 Å². The Morgan fingerprint density at radius 3 is 1.46 bits per heavy atom. The van der Waals surface area contributed by atoms with E-state index in [9.17, 15) is 74.3 Å². The Morgan fingerprint density at radius 2 is 1.04 bits per heavy atom. The number of benzene rings is 2. The van der Waals surface area contributed by atoms with Crippen molar-refractivity contribution in [1.29, 1.82) is 0 Å². The highest BCUT2D eigenvalue weighted by Crippen LogP contribution is 2.47. The van der Waals surface area contributed by atoms with Crippen molar-refractivity contribution in [3.8, 4) is 0 Å². The molecule has 0 amide bonds. The zero-order valence-electron chi connectivity index (χ0n) is 36.6. The van der Waals surface area contributed by atoms with Gasteiger partial charge in [-0.25, -0.2) is 9.59 Å². The second kappa shape index (κ2) is 28.0. The summed E-state index contributed by atoms with van der Waals surface area (Å²) in [6.45, 7) is -2.10.